The van der Waals surface area contributed by atoms with Gasteiger partial charge in [-0.15, -0.1) is 21.8 Å². The molecule has 2 atom stereocenters. The van der Waals surface area contributed by atoms with Gasteiger partial charge in [0, 0.05) is 31.3 Å². The van der Waals surface area contributed by atoms with Gasteiger partial charge in [0.1, 0.15) is 5.88 Å². The standard InChI is InChI=1S/C20H20ClF3N4O3/c1-11-26-27-18(31-11)19-4-2-3-13(19)9-28(10-19)17(30)12-5-14(20(22,23)24)7-15(6-12)25-16(29)8-21/h5-7,13H,2-4,8-10H2,1H3,(H,25,29)/t13-,19-/m0/s1. The first kappa shape index (κ1) is 21.6. The van der Waals surface area contributed by atoms with Gasteiger partial charge in [0.2, 0.25) is 17.7 Å². The molecule has 1 saturated heterocycles. The maximum atomic E-state index is 13.4. The summed E-state index contributed by atoms with van der Waals surface area (Å²) in [6.45, 7) is 2.37. The maximum Gasteiger partial charge on any atom is 0.416 e. The van der Waals surface area contributed by atoms with Crippen molar-refractivity contribution in [3.05, 3.63) is 41.1 Å². The highest BCUT2D eigenvalue weighted by Gasteiger charge is 2.55. The van der Waals surface area contributed by atoms with Crippen LogP contribution in [0.1, 0.15) is 47.0 Å². The fourth-order valence-electron chi connectivity index (χ4n) is 4.66. The van der Waals surface area contributed by atoms with E-state index in [4.69, 9.17) is 16.0 Å². The minimum absolute atomic E-state index is 0.0949. The highest BCUT2D eigenvalue weighted by molar-refractivity contribution is 6.29. The molecule has 0 unspecified atom stereocenters. The number of amides is 2. The molecule has 0 spiro atoms. The van der Waals surface area contributed by atoms with Crippen molar-refractivity contribution in [1.29, 1.82) is 0 Å². The first-order valence-corrected chi connectivity index (χ1v) is 10.3. The van der Waals surface area contributed by atoms with Crippen LogP contribution in [-0.4, -0.2) is 45.9 Å². The molecule has 0 bridgehead atoms. The second-order valence-electron chi connectivity index (χ2n) is 8.04. The first-order valence-electron chi connectivity index (χ1n) is 9.80. The predicted octanol–water partition coefficient (Wildman–Crippen LogP) is 3.77. The van der Waals surface area contributed by atoms with Crippen molar-refractivity contribution in [2.75, 3.05) is 24.3 Å². The number of benzene rings is 1. The number of hydrogen-bond acceptors (Lipinski definition) is 5. The SMILES string of the molecule is Cc1nnc([C@]23CCC[C@H]2CN(C(=O)c2cc(NC(=O)CCl)cc(C(F)(F)F)c2)C3)o1. The Hall–Kier alpha value is -2.62. The van der Waals surface area contributed by atoms with E-state index in [2.05, 4.69) is 15.5 Å². The number of carbonyl (C=O) groups excluding carboxylic acids is 2. The first-order chi connectivity index (χ1) is 14.6. The Labute approximate surface area is 180 Å². The molecule has 11 heteroatoms. The minimum atomic E-state index is -4.68. The van der Waals surface area contributed by atoms with Gasteiger partial charge in [-0.2, -0.15) is 13.2 Å². The van der Waals surface area contributed by atoms with Crippen LogP contribution in [0.2, 0.25) is 0 Å². The summed E-state index contributed by atoms with van der Waals surface area (Å²) in [5.41, 5.74) is -1.79. The Bertz CT molecular complexity index is 1030. The molecule has 2 aromatic rings. The number of halogens is 4. The number of anilines is 1. The van der Waals surface area contributed by atoms with Crippen LogP contribution >= 0.6 is 11.6 Å². The molecular weight excluding hydrogens is 437 g/mol. The van der Waals surface area contributed by atoms with E-state index < -0.39 is 34.8 Å². The van der Waals surface area contributed by atoms with Gasteiger partial charge in [-0.3, -0.25) is 9.59 Å². The normalized spacial score (nSPS) is 23.1. The Morgan fingerprint density at radius 1 is 1.32 bits per heavy atom. The molecule has 1 N–H and O–H groups in total. The van der Waals surface area contributed by atoms with Gasteiger partial charge < -0.3 is 14.6 Å². The molecule has 1 aromatic heterocycles. The van der Waals surface area contributed by atoms with Crippen LogP contribution in [0.25, 0.3) is 0 Å². The van der Waals surface area contributed by atoms with Crippen LogP contribution in [0.5, 0.6) is 0 Å². The summed E-state index contributed by atoms with van der Waals surface area (Å²) in [4.78, 5) is 26.3. The second-order valence-corrected chi connectivity index (χ2v) is 8.30. The minimum Gasteiger partial charge on any atom is -0.425 e. The number of nitrogens with one attached hydrogen (secondary N) is 1. The number of rotatable bonds is 4. The lowest BCUT2D eigenvalue weighted by molar-refractivity contribution is -0.137. The Kier molecular flexibility index (Phi) is 5.45. The molecule has 7 nitrogen and oxygen atoms in total. The predicted molar refractivity (Wildman–Crippen MR) is 105 cm³/mol. The van der Waals surface area contributed by atoms with Crippen LogP contribution in [0.15, 0.2) is 22.6 Å². The van der Waals surface area contributed by atoms with Crippen molar-refractivity contribution >= 4 is 29.1 Å². The average molecular weight is 457 g/mol. The molecule has 4 rings (SSSR count). The van der Waals surface area contributed by atoms with E-state index in [0.29, 0.717) is 18.3 Å². The number of carbonyl (C=O) groups is 2. The Morgan fingerprint density at radius 2 is 2.10 bits per heavy atom. The molecule has 31 heavy (non-hydrogen) atoms. The average Bonchev–Trinajstić information content (AvgIpc) is 3.40. The fraction of sp³-hybridized carbons (Fsp3) is 0.500. The number of nitrogens with zero attached hydrogens (tertiary/aromatic N) is 3. The van der Waals surface area contributed by atoms with Crippen molar-refractivity contribution in [2.45, 2.75) is 37.8 Å². The third kappa shape index (κ3) is 4.00. The van der Waals surface area contributed by atoms with Crippen molar-refractivity contribution in [2.24, 2.45) is 5.92 Å². The molecular formula is C20H20ClF3N4O3. The second kappa shape index (κ2) is 7.81. The van der Waals surface area contributed by atoms with Crippen molar-refractivity contribution in [3.63, 3.8) is 0 Å². The van der Waals surface area contributed by atoms with Crippen LogP contribution in [0, 0.1) is 12.8 Å². The number of hydrogen-bond donors (Lipinski definition) is 1. The highest BCUT2D eigenvalue weighted by atomic mass is 35.5. The summed E-state index contributed by atoms with van der Waals surface area (Å²) in [6.07, 6.45) is -2.10. The molecule has 1 saturated carbocycles. The highest BCUT2D eigenvalue weighted by Crippen LogP contribution is 2.50. The van der Waals surface area contributed by atoms with Crippen molar-refractivity contribution in [1.82, 2.24) is 15.1 Å². The van der Waals surface area contributed by atoms with Crippen LogP contribution in [-0.2, 0) is 16.4 Å². The van der Waals surface area contributed by atoms with Crippen molar-refractivity contribution in [3.8, 4) is 0 Å². The summed E-state index contributed by atoms with van der Waals surface area (Å²) in [5, 5.41) is 10.4. The zero-order chi connectivity index (χ0) is 22.4. The van der Waals surface area contributed by atoms with Gasteiger partial charge in [0.05, 0.1) is 11.0 Å². The molecule has 166 valence electrons. The van der Waals surface area contributed by atoms with E-state index >= 15 is 0 Å². The number of alkyl halides is 4. The summed E-state index contributed by atoms with van der Waals surface area (Å²) >= 11 is 5.44. The van der Waals surface area contributed by atoms with Gasteiger partial charge >= 0.3 is 6.18 Å². The van der Waals surface area contributed by atoms with Gasteiger partial charge in [0.15, 0.2) is 0 Å². The third-order valence-electron chi connectivity index (χ3n) is 6.02. The molecule has 2 heterocycles. The van der Waals surface area contributed by atoms with E-state index in [1.165, 1.54) is 11.0 Å². The molecule has 1 aromatic carbocycles. The fourth-order valence-corrected chi connectivity index (χ4v) is 4.72. The smallest absolute Gasteiger partial charge is 0.416 e. The molecule has 0 radical (unpaired) electrons. The van der Waals surface area contributed by atoms with Gasteiger partial charge in [-0.25, -0.2) is 0 Å². The topological polar surface area (TPSA) is 88.3 Å². The van der Waals surface area contributed by atoms with Crippen LogP contribution in [0.4, 0.5) is 18.9 Å². The quantitative estimate of drug-likeness (QED) is 0.707. The van der Waals surface area contributed by atoms with Gasteiger partial charge in [0.25, 0.3) is 5.91 Å². The lowest BCUT2D eigenvalue weighted by Gasteiger charge is -2.24. The zero-order valence-electron chi connectivity index (χ0n) is 16.6. The van der Waals surface area contributed by atoms with Gasteiger partial charge in [-0.05, 0) is 37.0 Å². The zero-order valence-corrected chi connectivity index (χ0v) is 17.4. The van der Waals surface area contributed by atoms with E-state index in [-0.39, 0.29) is 23.7 Å². The van der Waals surface area contributed by atoms with Crippen LogP contribution in [0.3, 0.4) is 0 Å². The lowest BCUT2D eigenvalue weighted by atomic mass is 9.80. The summed E-state index contributed by atoms with van der Waals surface area (Å²) < 4.78 is 45.8. The molecule has 1 aliphatic heterocycles. The van der Waals surface area contributed by atoms with Crippen LogP contribution < -0.4 is 5.32 Å². The van der Waals surface area contributed by atoms with E-state index in [9.17, 15) is 22.8 Å². The monoisotopic (exact) mass is 456 g/mol. The molecule has 2 aliphatic rings. The Balaban J connectivity index is 1.65. The Morgan fingerprint density at radius 3 is 2.74 bits per heavy atom. The lowest BCUT2D eigenvalue weighted by Crippen LogP contribution is -2.35. The summed E-state index contributed by atoms with van der Waals surface area (Å²) in [7, 11) is 0. The van der Waals surface area contributed by atoms with E-state index in [1.807, 2.05) is 0 Å². The summed E-state index contributed by atoms with van der Waals surface area (Å²) in [6, 6.07) is 2.82. The number of likely N-dealkylation sites (tertiary alicyclic amines) is 1. The maximum absolute atomic E-state index is 13.4. The molecule has 1 aliphatic carbocycles. The number of fused-ring (bicyclic) bond motifs is 1. The molecule has 2 fully saturated rings. The third-order valence-corrected chi connectivity index (χ3v) is 6.27. The van der Waals surface area contributed by atoms with E-state index in [0.717, 1.165) is 31.4 Å². The van der Waals surface area contributed by atoms with E-state index in [1.54, 1.807) is 6.92 Å². The number of aryl methyl sites for hydroxylation is 1. The van der Waals surface area contributed by atoms with Gasteiger partial charge in [-0.1, -0.05) is 6.42 Å². The number of aromatic nitrogens is 2. The molecule has 2 amide bonds. The summed E-state index contributed by atoms with van der Waals surface area (Å²) in [5.74, 6) is -0.630. The van der Waals surface area contributed by atoms with Crippen molar-refractivity contribution < 1.29 is 27.2 Å². The largest absolute Gasteiger partial charge is 0.425 e.